The van der Waals surface area contributed by atoms with Gasteiger partial charge in [0, 0.05) is 38.3 Å². The molecule has 2 aliphatic rings. The largest absolute Gasteiger partial charge is 0.423 e. The number of carbonyl (C=O) groups excluding carboxylic acids is 2. The van der Waals surface area contributed by atoms with Crippen LogP contribution in [0.15, 0.2) is 47.4 Å². The van der Waals surface area contributed by atoms with Crippen molar-refractivity contribution >= 4 is 29.2 Å². The molecule has 0 spiro atoms. The molecule has 9 nitrogen and oxygen atoms in total. The van der Waals surface area contributed by atoms with Crippen molar-refractivity contribution in [1.29, 1.82) is 0 Å². The Morgan fingerprint density at radius 2 is 1.87 bits per heavy atom. The first-order chi connectivity index (χ1) is 18.3. The lowest BCUT2D eigenvalue weighted by Crippen LogP contribution is -2.49. The molecule has 200 valence electrons. The van der Waals surface area contributed by atoms with E-state index in [0.29, 0.717) is 43.1 Å². The number of rotatable bonds is 7. The second-order valence-electron chi connectivity index (χ2n) is 10.0. The van der Waals surface area contributed by atoms with Gasteiger partial charge in [-0.25, -0.2) is 9.18 Å². The van der Waals surface area contributed by atoms with Gasteiger partial charge in [-0.3, -0.25) is 9.59 Å². The Labute approximate surface area is 219 Å². The minimum Gasteiger partial charge on any atom is -0.423 e. The van der Waals surface area contributed by atoms with Crippen LogP contribution in [-0.4, -0.2) is 67.2 Å². The molecule has 0 unspecified atom stereocenters. The van der Waals surface area contributed by atoms with Gasteiger partial charge in [0.25, 0.3) is 6.47 Å². The molecule has 1 saturated heterocycles. The lowest BCUT2D eigenvalue weighted by Gasteiger charge is -2.35. The number of fused-ring (bicyclic) bond motifs is 1. The highest BCUT2D eigenvalue weighted by Gasteiger charge is 2.29. The van der Waals surface area contributed by atoms with Gasteiger partial charge in [-0.05, 0) is 63.7 Å². The van der Waals surface area contributed by atoms with Crippen LogP contribution >= 0.6 is 0 Å². The SMILES string of the molecule is C[C@@H](c1cccc(OC(=O)N2CCN(c3cc4c(cc3F)c(=O)c(OC=O)cn4C3CC3)CC2)c1)N(C)C. The van der Waals surface area contributed by atoms with E-state index in [1.165, 1.54) is 12.3 Å². The van der Waals surface area contributed by atoms with Crippen molar-refractivity contribution in [3.8, 4) is 11.5 Å². The Bertz CT molecular complexity index is 1430. The van der Waals surface area contributed by atoms with Gasteiger partial charge < -0.3 is 28.7 Å². The van der Waals surface area contributed by atoms with Crippen LogP contribution < -0.4 is 19.8 Å². The van der Waals surface area contributed by atoms with Gasteiger partial charge in [-0.15, -0.1) is 0 Å². The Hall–Kier alpha value is -3.92. The number of hydrogen-bond acceptors (Lipinski definition) is 7. The fraction of sp³-hybridized carbons (Fsp3) is 0.393. The fourth-order valence-corrected chi connectivity index (χ4v) is 4.80. The van der Waals surface area contributed by atoms with Crippen molar-refractivity contribution in [3.63, 3.8) is 0 Å². The highest BCUT2D eigenvalue weighted by molar-refractivity contribution is 5.85. The van der Waals surface area contributed by atoms with E-state index in [-0.39, 0.29) is 29.7 Å². The van der Waals surface area contributed by atoms with E-state index in [4.69, 9.17) is 9.47 Å². The Balaban J connectivity index is 1.31. The van der Waals surface area contributed by atoms with Crippen LogP contribution in [0.5, 0.6) is 11.5 Å². The third-order valence-electron chi connectivity index (χ3n) is 7.38. The molecule has 2 fully saturated rings. The first kappa shape index (κ1) is 25.7. The van der Waals surface area contributed by atoms with Crippen LogP contribution in [-0.2, 0) is 4.79 Å². The molecule has 2 aromatic carbocycles. The Kier molecular flexibility index (Phi) is 7.07. The van der Waals surface area contributed by atoms with E-state index in [2.05, 4.69) is 11.8 Å². The van der Waals surface area contributed by atoms with Gasteiger partial charge in [-0.2, -0.15) is 0 Å². The predicted octanol–water partition coefficient (Wildman–Crippen LogP) is 3.95. The number of amides is 1. The molecule has 1 aliphatic heterocycles. The molecule has 5 rings (SSSR count). The van der Waals surface area contributed by atoms with Crippen molar-refractivity contribution in [3.05, 3.63) is 64.2 Å². The van der Waals surface area contributed by atoms with Crippen LogP contribution in [0.25, 0.3) is 10.9 Å². The maximum atomic E-state index is 15.2. The van der Waals surface area contributed by atoms with Gasteiger partial charge in [0.05, 0.1) is 22.8 Å². The number of ether oxygens (including phenoxy) is 2. The summed E-state index contributed by atoms with van der Waals surface area (Å²) in [6, 6.07) is 10.7. The normalized spacial score (nSPS) is 16.6. The average Bonchev–Trinajstić information content (AvgIpc) is 3.75. The van der Waals surface area contributed by atoms with Crippen LogP contribution in [0.2, 0.25) is 0 Å². The van der Waals surface area contributed by atoms with Crippen molar-refractivity contribution in [2.45, 2.75) is 31.8 Å². The third-order valence-corrected chi connectivity index (χ3v) is 7.38. The predicted molar refractivity (Wildman–Crippen MR) is 141 cm³/mol. The number of piperazine rings is 1. The number of pyridine rings is 1. The van der Waals surface area contributed by atoms with E-state index in [1.54, 1.807) is 17.0 Å². The van der Waals surface area contributed by atoms with Crippen molar-refractivity contribution in [2.24, 2.45) is 0 Å². The first-order valence-electron chi connectivity index (χ1n) is 12.7. The average molecular weight is 523 g/mol. The van der Waals surface area contributed by atoms with E-state index in [9.17, 15) is 14.4 Å². The lowest BCUT2D eigenvalue weighted by atomic mass is 10.1. The molecule has 1 amide bonds. The topological polar surface area (TPSA) is 84.3 Å². The molecular formula is C28H31FN4O5. The number of carbonyl (C=O) groups is 2. The molecule has 10 heteroatoms. The van der Waals surface area contributed by atoms with Crippen LogP contribution in [0.3, 0.4) is 0 Å². The summed E-state index contributed by atoms with van der Waals surface area (Å²) in [6.07, 6.45) is 2.95. The molecule has 0 N–H and O–H groups in total. The highest BCUT2D eigenvalue weighted by Crippen LogP contribution is 2.39. The molecule has 1 atom stereocenters. The number of anilines is 1. The lowest BCUT2D eigenvalue weighted by molar-refractivity contribution is -0.120. The summed E-state index contributed by atoms with van der Waals surface area (Å²) in [7, 11) is 3.98. The fourth-order valence-electron chi connectivity index (χ4n) is 4.80. The maximum Gasteiger partial charge on any atom is 0.415 e. The van der Waals surface area contributed by atoms with Gasteiger partial charge >= 0.3 is 6.09 Å². The smallest absolute Gasteiger partial charge is 0.415 e. The summed E-state index contributed by atoms with van der Waals surface area (Å²) in [4.78, 5) is 42.0. The molecule has 1 aromatic heterocycles. The molecule has 0 radical (unpaired) electrons. The zero-order chi connectivity index (χ0) is 27.0. The van der Waals surface area contributed by atoms with Gasteiger partial charge in [-0.1, -0.05) is 12.1 Å². The number of nitrogens with zero attached hydrogens (tertiary/aromatic N) is 4. The summed E-state index contributed by atoms with van der Waals surface area (Å²) < 4.78 is 27.6. The van der Waals surface area contributed by atoms with Gasteiger partial charge in [0.1, 0.15) is 11.6 Å². The number of benzene rings is 2. The molecule has 1 saturated carbocycles. The van der Waals surface area contributed by atoms with Crippen molar-refractivity contribution in [2.75, 3.05) is 45.2 Å². The standard InChI is InChI=1S/C28H31FN4O5/c1-18(30(2)3)19-5-4-6-21(13-19)38-28(36)32-11-9-31(10-12-32)25-15-24-22(14-23(25)29)27(35)26(37-17-34)16-33(24)20-7-8-20/h4-6,13-18,20H,7-12H2,1-3H3/t18-/m0/s1. The van der Waals surface area contributed by atoms with Crippen LogP contribution in [0, 0.1) is 5.82 Å². The van der Waals surface area contributed by atoms with Crippen molar-refractivity contribution in [1.82, 2.24) is 14.4 Å². The molecule has 2 heterocycles. The quantitative estimate of drug-likeness (QED) is 0.435. The monoisotopic (exact) mass is 522 g/mol. The van der Waals surface area contributed by atoms with Crippen LogP contribution in [0.4, 0.5) is 14.9 Å². The molecule has 3 aromatic rings. The summed E-state index contributed by atoms with van der Waals surface area (Å²) >= 11 is 0. The third kappa shape index (κ3) is 5.08. The van der Waals surface area contributed by atoms with Gasteiger partial charge in [0.2, 0.25) is 5.43 Å². The van der Waals surface area contributed by atoms with Crippen LogP contribution in [0.1, 0.15) is 37.4 Å². The van der Waals surface area contributed by atoms with E-state index >= 15 is 4.39 Å². The summed E-state index contributed by atoms with van der Waals surface area (Å²) in [5.41, 5.74) is 1.49. The summed E-state index contributed by atoms with van der Waals surface area (Å²) in [6.45, 7) is 3.84. The number of aromatic nitrogens is 1. The molecule has 0 bridgehead atoms. The van der Waals surface area contributed by atoms with E-state index < -0.39 is 17.3 Å². The zero-order valence-corrected chi connectivity index (χ0v) is 21.7. The summed E-state index contributed by atoms with van der Waals surface area (Å²) in [5, 5.41) is 0.172. The summed E-state index contributed by atoms with van der Waals surface area (Å²) in [5.74, 6) is -0.163. The van der Waals surface area contributed by atoms with Crippen molar-refractivity contribution < 1.29 is 23.5 Å². The number of halogens is 1. The first-order valence-corrected chi connectivity index (χ1v) is 12.7. The van der Waals surface area contributed by atoms with Gasteiger partial charge in [0.15, 0.2) is 5.75 Å². The molecule has 38 heavy (non-hydrogen) atoms. The molecular weight excluding hydrogens is 491 g/mol. The highest BCUT2D eigenvalue weighted by atomic mass is 19.1. The molecule has 1 aliphatic carbocycles. The van der Waals surface area contributed by atoms with E-state index in [0.717, 1.165) is 18.4 Å². The second-order valence-corrected chi connectivity index (χ2v) is 10.0. The second kappa shape index (κ2) is 10.4. The van der Waals surface area contributed by atoms with E-state index in [1.807, 2.05) is 41.8 Å². The maximum absolute atomic E-state index is 15.2. The minimum absolute atomic E-state index is 0.111. The minimum atomic E-state index is -0.539. The Morgan fingerprint density at radius 1 is 1.13 bits per heavy atom. The number of hydrogen-bond donors (Lipinski definition) is 0. The zero-order valence-electron chi connectivity index (χ0n) is 21.7. The Morgan fingerprint density at radius 3 is 2.53 bits per heavy atom.